The van der Waals surface area contributed by atoms with Crippen molar-refractivity contribution in [2.24, 2.45) is 5.92 Å². The summed E-state index contributed by atoms with van der Waals surface area (Å²) in [4.78, 5) is 14.9. The average molecular weight is 293 g/mol. The zero-order valence-corrected chi connectivity index (χ0v) is 12.5. The molecule has 0 aliphatic carbocycles. The summed E-state index contributed by atoms with van der Waals surface area (Å²) in [7, 11) is 0. The first-order valence-corrected chi connectivity index (χ1v) is 7.83. The van der Waals surface area contributed by atoms with Crippen LogP contribution in [0, 0.1) is 18.3 Å². The number of hydrogen-bond acceptors (Lipinski definition) is 2. The Labute approximate surface area is 130 Å². The molecule has 0 radical (unpaired) electrons. The molecule has 2 aliphatic rings. The Bertz CT molecular complexity index is 758. The summed E-state index contributed by atoms with van der Waals surface area (Å²) in [5, 5.41) is 3.19. The van der Waals surface area contributed by atoms with Gasteiger partial charge in [0.2, 0.25) is 0 Å². The largest absolute Gasteiger partial charge is 0.348 e. The first kappa shape index (κ1) is 13.4. The van der Waals surface area contributed by atoms with E-state index < -0.39 is 0 Å². The number of pyridine rings is 1. The van der Waals surface area contributed by atoms with E-state index in [2.05, 4.69) is 16.1 Å². The van der Waals surface area contributed by atoms with Gasteiger partial charge in [-0.25, -0.2) is 0 Å². The standard InChI is InChI=1S/C18H19N3O/c1-2-13-8-17-4-3-15(11-21(17)10-13)18(22)19-16-7-14-5-6-20(9-14)12-16/h1,3-4,8,10-11,14,16H,5-7,9,12H2,(H,19,22). The first-order chi connectivity index (χ1) is 10.7. The van der Waals surface area contributed by atoms with E-state index in [9.17, 15) is 4.79 Å². The minimum absolute atomic E-state index is 0.00496. The molecule has 1 N–H and O–H groups in total. The van der Waals surface area contributed by atoms with Crippen molar-refractivity contribution in [1.29, 1.82) is 0 Å². The number of carbonyl (C=O) groups excluding carboxylic acids is 1. The summed E-state index contributed by atoms with van der Waals surface area (Å²) in [6.07, 6.45) is 11.5. The Morgan fingerprint density at radius 3 is 3.05 bits per heavy atom. The van der Waals surface area contributed by atoms with Crippen molar-refractivity contribution in [2.45, 2.75) is 18.9 Å². The molecule has 3 atom stereocenters. The van der Waals surface area contributed by atoms with Gasteiger partial charge in [-0.3, -0.25) is 4.79 Å². The Kier molecular flexibility index (Phi) is 3.16. The number of nitrogens with zero attached hydrogens (tertiary/aromatic N) is 2. The second-order valence-electron chi connectivity index (χ2n) is 6.44. The van der Waals surface area contributed by atoms with E-state index in [1.54, 1.807) is 0 Å². The molecule has 22 heavy (non-hydrogen) atoms. The Hall–Kier alpha value is -2.25. The number of terminal acetylenes is 1. The topological polar surface area (TPSA) is 36.8 Å². The van der Waals surface area contributed by atoms with E-state index in [1.165, 1.54) is 19.5 Å². The summed E-state index contributed by atoms with van der Waals surface area (Å²) >= 11 is 0. The molecular weight excluding hydrogens is 274 g/mol. The zero-order valence-electron chi connectivity index (χ0n) is 12.5. The summed E-state index contributed by atoms with van der Waals surface area (Å²) in [6, 6.07) is 6.01. The van der Waals surface area contributed by atoms with Crippen LogP contribution in [-0.2, 0) is 0 Å². The molecule has 2 saturated heterocycles. The molecule has 4 rings (SSSR count). The molecule has 0 aromatic carbocycles. The maximum absolute atomic E-state index is 12.5. The minimum Gasteiger partial charge on any atom is -0.348 e. The van der Waals surface area contributed by atoms with Crippen LogP contribution in [0.25, 0.3) is 5.52 Å². The molecular formula is C18H19N3O. The van der Waals surface area contributed by atoms with Gasteiger partial charge in [-0.15, -0.1) is 6.42 Å². The lowest BCUT2D eigenvalue weighted by molar-refractivity contribution is 0.0909. The molecule has 2 bridgehead atoms. The number of rotatable bonds is 2. The highest BCUT2D eigenvalue weighted by atomic mass is 16.1. The van der Waals surface area contributed by atoms with E-state index >= 15 is 0 Å². The highest BCUT2D eigenvalue weighted by Crippen LogP contribution is 2.26. The number of amides is 1. The van der Waals surface area contributed by atoms with E-state index in [4.69, 9.17) is 6.42 Å². The van der Waals surface area contributed by atoms with Gasteiger partial charge in [0, 0.05) is 42.6 Å². The third-order valence-corrected chi connectivity index (χ3v) is 4.82. The fraction of sp³-hybridized carbons (Fsp3) is 0.389. The van der Waals surface area contributed by atoms with Crippen molar-refractivity contribution in [1.82, 2.24) is 14.6 Å². The second kappa shape index (κ2) is 5.19. The van der Waals surface area contributed by atoms with Gasteiger partial charge in [-0.1, -0.05) is 5.92 Å². The highest BCUT2D eigenvalue weighted by Gasteiger charge is 2.32. The van der Waals surface area contributed by atoms with Crippen molar-refractivity contribution < 1.29 is 4.79 Å². The molecule has 4 heterocycles. The lowest BCUT2D eigenvalue weighted by Crippen LogP contribution is -2.47. The lowest BCUT2D eigenvalue weighted by Gasteiger charge is -2.30. The Morgan fingerprint density at radius 2 is 2.23 bits per heavy atom. The van der Waals surface area contributed by atoms with Crippen LogP contribution in [0.2, 0.25) is 0 Å². The van der Waals surface area contributed by atoms with Gasteiger partial charge in [-0.2, -0.15) is 0 Å². The predicted molar refractivity (Wildman–Crippen MR) is 85.8 cm³/mol. The maximum atomic E-state index is 12.5. The molecule has 4 heteroatoms. The normalized spacial score (nSPS) is 26.8. The van der Waals surface area contributed by atoms with Crippen LogP contribution in [0.4, 0.5) is 0 Å². The van der Waals surface area contributed by atoms with Gasteiger partial charge in [0.05, 0.1) is 5.56 Å². The van der Waals surface area contributed by atoms with Gasteiger partial charge in [0.15, 0.2) is 0 Å². The van der Waals surface area contributed by atoms with E-state index in [0.29, 0.717) is 5.56 Å². The Balaban J connectivity index is 1.51. The zero-order chi connectivity index (χ0) is 15.1. The monoisotopic (exact) mass is 293 g/mol. The van der Waals surface area contributed by atoms with Crippen molar-refractivity contribution in [3.63, 3.8) is 0 Å². The molecule has 3 unspecified atom stereocenters. The fourth-order valence-corrected chi connectivity index (χ4v) is 3.76. The third-order valence-electron chi connectivity index (χ3n) is 4.82. The summed E-state index contributed by atoms with van der Waals surface area (Å²) in [6.45, 7) is 3.37. The van der Waals surface area contributed by atoms with Gasteiger partial charge in [-0.05, 0) is 43.5 Å². The van der Waals surface area contributed by atoms with Crippen LogP contribution in [0.1, 0.15) is 28.8 Å². The van der Waals surface area contributed by atoms with E-state index in [0.717, 1.165) is 30.0 Å². The van der Waals surface area contributed by atoms with Gasteiger partial charge in [0.25, 0.3) is 5.91 Å². The molecule has 112 valence electrons. The van der Waals surface area contributed by atoms with Crippen molar-refractivity contribution >= 4 is 11.4 Å². The van der Waals surface area contributed by atoms with E-state index in [1.807, 2.05) is 35.0 Å². The predicted octanol–water partition coefficient (Wildman–Crippen LogP) is 1.74. The number of piperidine rings is 1. The lowest BCUT2D eigenvalue weighted by atomic mass is 9.96. The molecule has 4 nitrogen and oxygen atoms in total. The van der Waals surface area contributed by atoms with Gasteiger partial charge < -0.3 is 14.6 Å². The molecule has 0 saturated carbocycles. The Morgan fingerprint density at radius 1 is 1.32 bits per heavy atom. The number of nitrogens with one attached hydrogen (secondary N) is 1. The van der Waals surface area contributed by atoms with Crippen LogP contribution in [0.5, 0.6) is 0 Å². The summed E-state index contributed by atoms with van der Waals surface area (Å²) in [5.74, 6) is 3.38. The molecule has 2 aromatic heterocycles. The molecule has 2 aromatic rings. The molecule has 2 fully saturated rings. The first-order valence-electron chi connectivity index (χ1n) is 7.83. The second-order valence-corrected chi connectivity index (χ2v) is 6.44. The van der Waals surface area contributed by atoms with Crippen LogP contribution in [0.15, 0.2) is 30.6 Å². The van der Waals surface area contributed by atoms with Crippen molar-refractivity contribution in [3.05, 3.63) is 41.7 Å². The SMILES string of the molecule is C#Cc1cc2ccc(C(=O)NC3CC4CCN(C4)C3)cn2c1. The number of carbonyl (C=O) groups is 1. The number of aromatic nitrogens is 1. The maximum Gasteiger partial charge on any atom is 0.253 e. The molecule has 1 amide bonds. The van der Waals surface area contributed by atoms with Crippen molar-refractivity contribution in [3.8, 4) is 12.3 Å². The minimum atomic E-state index is 0.00496. The quantitative estimate of drug-likeness (QED) is 0.856. The molecule has 2 aliphatic heterocycles. The fourth-order valence-electron chi connectivity index (χ4n) is 3.76. The highest BCUT2D eigenvalue weighted by molar-refractivity contribution is 5.94. The number of hydrogen-bond donors (Lipinski definition) is 1. The number of fused-ring (bicyclic) bond motifs is 3. The smallest absolute Gasteiger partial charge is 0.253 e. The van der Waals surface area contributed by atoms with Gasteiger partial charge >= 0.3 is 0 Å². The van der Waals surface area contributed by atoms with Crippen LogP contribution in [0.3, 0.4) is 0 Å². The molecule has 0 spiro atoms. The summed E-state index contributed by atoms with van der Waals surface area (Å²) < 4.78 is 1.91. The van der Waals surface area contributed by atoms with Crippen molar-refractivity contribution in [2.75, 3.05) is 19.6 Å². The van der Waals surface area contributed by atoms with Gasteiger partial charge in [0.1, 0.15) is 0 Å². The van der Waals surface area contributed by atoms with E-state index in [-0.39, 0.29) is 11.9 Å². The third kappa shape index (κ3) is 2.38. The summed E-state index contributed by atoms with van der Waals surface area (Å²) in [5.41, 5.74) is 2.51. The average Bonchev–Trinajstić information content (AvgIpc) is 3.09. The van der Waals surface area contributed by atoms with Crippen LogP contribution >= 0.6 is 0 Å². The van der Waals surface area contributed by atoms with Crippen LogP contribution < -0.4 is 5.32 Å². The van der Waals surface area contributed by atoms with Crippen LogP contribution in [-0.4, -0.2) is 40.9 Å².